The summed E-state index contributed by atoms with van der Waals surface area (Å²) in [6.45, 7) is 7.60. The second-order valence-corrected chi connectivity index (χ2v) is 7.93. The van der Waals surface area contributed by atoms with E-state index in [1.54, 1.807) is 0 Å². The fraction of sp³-hybridized carbons (Fsp3) is 0.435. The Balaban J connectivity index is 1.67. The number of ether oxygens (including phenoxy) is 4. The van der Waals surface area contributed by atoms with Gasteiger partial charge in [-0.3, -0.25) is 4.79 Å². The summed E-state index contributed by atoms with van der Waals surface area (Å²) in [7, 11) is 1.36. The largest absolute Gasteiger partial charge is 0.503 e. The molecule has 0 fully saturated rings. The van der Waals surface area contributed by atoms with Gasteiger partial charge in [0.25, 0.3) is 5.91 Å². The number of aromatic nitrogens is 1. The molecule has 3 rings (SSSR count). The summed E-state index contributed by atoms with van der Waals surface area (Å²) in [5.41, 5.74) is 0.726. The molecule has 172 valence electrons. The number of carbonyl (C=O) groups is 2. The van der Waals surface area contributed by atoms with E-state index in [-0.39, 0.29) is 30.1 Å². The molecule has 3 atom stereocenters. The Morgan fingerprint density at radius 2 is 1.84 bits per heavy atom. The lowest BCUT2D eigenvalue weighted by Crippen LogP contribution is -2.42. The van der Waals surface area contributed by atoms with Crippen LogP contribution < -0.4 is 19.5 Å². The summed E-state index contributed by atoms with van der Waals surface area (Å²) < 4.78 is 21.5. The Morgan fingerprint density at radius 3 is 2.53 bits per heavy atom. The van der Waals surface area contributed by atoms with E-state index in [2.05, 4.69) is 10.3 Å². The van der Waals surface area contributed by atoms with Crippen molar-refractivity contribution in [3.8, 4) is 23.0 Å². The summed E-state index contributed by atoms with van der Waals surface area (Å²) >= 11 is 0. The predicted octanol–water partition coefficient (Wildman–Crippen LogP) is 3.01. The van der Waals surface area contributed by atoms with Gasteiger partial charge in [0, 0.05) is 18.2 Å². The number of amides is 1. The predicted molar refractivity (Wildman–Crippen MR) is 115 cm³/mol. The average molecular weight is 444 g/mol. The molecule has 2 aromatic rings. The van der Waals surface area contributed by atoms with Crippen molar-refractivity contribution >= 4 is 11.9 Å². The molecule has 32 heavy (non-hydrogen) atoms. The Bertz CT molecular complexity index is 992. The molecule has 1 aliphatic heterocycles. The van der Waals surface area contributed by atoms with Crippen molar-refractivity contribution in [2.45, 2.75) is 45.8 Å². The topological polar surface area (TPSA) is 116 Å². The van der Waals surface area contributed by atoms with Crippen molar-refractivity contribution < 1.29 is 33.6 Å². The maximum Gasteiger partial charge on any atom is 0.328 e. The monoisotopic (exact) mass is 444 g/mol. The van der Waals surface area contributed by atoms with Crippen LogP contribution in [-0.4, -0.2) is 48.0 Å². The fourth-order valence-corrected chi connectivity index (χ4v) is 3.77. The molecule has 2 heterocycles. The highest BCUT2D eigenvalue weighted by Gasteiger charge is 2.30. The molecule has 9 nitrogen and oxygen atoms in total. The first-order chi connectivity index (χ1) is 15.2. The molecule has 0 unspecified atom stereocenters. The van der Waals surface area contributed by atoms with Crippen LogP contribution in [0, 0.1) is 5.92 Å². The van der Waals surface area contributed by atoms with Crippen LogP contribution >= 0.6 is 0 Å². The van der Waals surface area contributed by atoms with Crippen molar-refractivity contribution in [3.63, 3.8) is 0 Å². The quantitative estimate of drug-likeness (QED) is 0.597. The maximum absolute atomic E-state index is 12.7. The number of hydrogen-bond acceptors (Lipinski definition) is 8. The van der Waals surface area contributed by atoms with Crippen molar-refractivity contribution in [1.29, 1.82) is 0 Å². The normalized spacial score (nSPS) is 15.1. The first kappa shape index (κ1) is 23.2. The van der Waals surface area contributed by atoms with Gasteiger partial charge in [0.05, 0.1) is 7.11 Å². The smallest absolute Gasteiger partial charge is 0.328 e. The number of rotatable bonds is 8. The SMILES string of the molecule is COc1ccnc(C(=O)N[C@@H](C)C(=O)O[C@@H](C)[C@H](c2ccc3c(c2)OCO3)C(C)C)c1O. The molecule has 0 saturated heterocycles. The van der Waals surface area contributed by atoms with E-state index in [1.807, 2.05) is 39.0 Å². The van der Waals surface area contributed by atoms with Crippen LogP contribution in [0.3, 0.4) is 0 Å². The molecule has 1 aromatic carbocycles. The van der Waals surface area contributed by atoms with Gasteiger partial charge < -0.3 is 29.4 Å². The Morgan fingerprint density at radius 1 is 1.12 bits per heavy atom. The number of nitrogens with zero attached hydrogens (tertiary/aromatic N) is 1. The average Bonchev–Trinajstić information content (AvgIpc) is 3.21. The number of methoxy groups -OCH3 is 1. The molecule has 0 aliphatic carbocycles. The number of esters is 1. The molecular weight excluding hydrogens is 416 g/mol. The van der Waals surface area contributed by atoms with Crippen molar-refractivity contribution in [2.75, 3.05) is 13.9 Å². The molecule has 0 spiro atoms. The van der Waals surface area contributed by atoms with E-state index < -0.39 is 29.8 Å². The number of pyridine rings is 1. The van der Waals surface area contributed by atoms with Gasteiger partial charge in [-0.05, 0) is 37.5 Å². The third-order valence-electron chi connectivity index (χ3n) is 5.33. The van der Waals surface area contributed by atoms with Gasteiger partial charge in [-0.2, -0.15) is 0 Å². The summed E-state index contributed by atoms with van der Waals surface area (Å²) in [5, 5.41) is 12.6. The van der Waals surface area contributed by atoms with Gasteiger partial charge in [0.1, 0.15) is 12.1 Å². The van der Waals surface area contributed by atoms with Gasteiger partial charge in [-0.1, -0.05) is 19.9 Å². The highest BCUT2D eigenvalue weighted by Crippen LogP contribution is 2.38. The van der Waals surface area contributed by atoms with Crippen molar-refractivity contribution in [1.82, 2.24) is 10.3 Å². The number of benzene rings is 1. The molecule has 0 saturated carbocycles. The minimum absolute atomic E-state index is 0.0968. The van der Waals surface area contributed by atoms with Gasteiger partial charge in [-0.15, -0.1) is 0 Å². The Hall–Kier alpha value is -3.49. The number of fused-ring (bicyclic) bond motifs is 1. The fourth-order valence-electron chi connectivity index (χ4n) is 3.77. The third-order valence-corrected chi connectivity index (χ3v) is 5.33. The van der Waals surface area contributed by atoms with E-state index in [4.69, 9.17) is 18.9 Å². The molecule has 2 N–H and O–H groups in total. The van der Waals surface area contributed by atoms with Gasteiger partial charge in [0.2, 0.25) is 6.79 Å². The molecule has 0 bridgehead atoms. The van der Waals surface area contributed by atoms with Crippen LogP contribution in [0.4, 0.5) is 0 Å². The molecule has 1 amide bonds. The highest BCUT2D eigenvalue weighted by molar-refractivity contribution is 5.97. The summed E-state index contributed by atoms with van der Waals surface area (Å²) in [4.78, 5) is 29.0. The van der Waals surface area contributed by atoms with E-state index in [0.717, 1.165) is 5.56 Å². The summed E-state index contributed by atoms with van der Waals surface area (Å²) in [6.07, 6.45) is 0.863. The third kappa shape index (κ3) is 4.87. The van der Waals surface area contributed by atoms with Gasteiger partial charge in [-0.25, -0.2) is 9.78 Å². The second kappa shape index (κ2) is 9.76. The summed E-state index contributed by atoms with van der Waals surface area (Å²) in [6, 6.07) is 6.15. The lowest BCUT2D eigenvalue weighted by molar-refractivity contribution is -0.151. The number of aromatic hydroxyl groups is 1. The van der Waals surface area contributed by atoms with E-state index in [9.17, 15) is 14.7 Å². The highest BCUT2D eigenvalue weighted by atomic mass is 16.7. The van der Waals surface area contributed by atoms with Crippen LogP contribution in [0.15, 0.2) is 30.5 Å². The minimum atomic E-state index is -0.957. The van der Waals surface area contributed by atoms with E-state index >= 15 is 0 Å². The van der Waals surface area contributed by atoms with Gasteiger partial charge >= 0.3 is 5.97 Å². The zero-order valence-corrected chi connectivity index (χ0v) is 18.7. The zero-order valence-electron chi connectivity index (χ0n) is 18.7. The van der Waals surface area contributed by atoms with E-state index in [1.165, 1.54) is 26.3 Å². The maximum atomic E-state index is 12.7. The van der Waals surface area contributed by atoms with Crippen LogP contribution in [0.2, 0.25) is 0 Å². The molecule has 0 radical (unpaired) electrons. The van der Waals surface area contributed by atoms with E-state index in [0.29, 0.717) is 11.5 Å². The lowest BCUT2D eigenvalue weighted by Gasteiger charge is -2.29. The minimum Gasteiger partial charge on any atom is -0.503 e. The molecule has 1 aromatic heterocycles. The van der Waals surface area contributed by atoms with Crippen LogP contribution in [0.25, 0.3) is 0 Å². The first-order valence-corrected chi connectivity index (χ1v) is 10.4. The molecule has 9 heteroatoms. The van der Waals surface area contributed by atoms with Crippen molar-refractivity contribution in [2.24, 2.45) is 5.92 Å². The van der Waals surface area contributed by atoms with Crippen LogP contribution in [-0.2, 0) is 9.53 Å². The Labute approximate surface area is 186 Å². The molecular formula is C23H28N2O7. The zero-order chi connectivity index (χ0) is 23.4. The Kier molecular flexibility index (Phi) is 7.07. The first-order valence-electron chi connectivity index (χ1n) is 10.4. The molecule has 1 aliphatic rings. The number of hydrogen-bond donors (Lipinski definition) is 2. The van der Waals surface area contributed by atoms with Crippen LogP contribution in [0.1, 0.15) is 49.7 Å². The van der Waals surface area contributed by atoms with Crippen molar-refractivity contribution in [3.05, 3.63) is 41.7 Å². The number of carbonyl (C=O) groups excluding carboxylic acids is 2. The lowest BCUT2D eigenvalue weighted by atomic mass is 9.84. The van der Waals surface area contributed by atoms with Crippen LogP contribution in [0.5, 0.6) is 23.0 Å². The van der Waals surface area contributed by atoms with Gasteiger partial charge in [0.15, 0.2) is 28.7 Å². The number of nitrogens with one attached hydrogen (secondary N) is 1. The standard InChI is InChI=1S/C23H28N2O7/c1-12(2)19(15-6-7-16-18(10-15)31-11-30-16)14(4)32-23(28)13(3)25-22(27)20-21(26)17(29-5)8-9-24-20/h6-10,12-14,19,26H,11H2,1-5H3,(H,25,27)/t13-,14-,19+/m0/s1. The summed E-state index contributed by atoms with van der Waals surface area (Å²) in [5.74, 6) is -0.179. The second-order valence-electron chi connectivity index (χ2n) is 7.93.